The number of allylic oxidation sites excluding steroid dienone is 6. The summed E-state index contributed by atoms with van der Waals surface area (Å²) in [5, 5.41) is 0. The molecule has 0 bridgehead atoms. The summed E-state index contributed by atoms with van der Waals surface area (Å²) in [6.45, 7) is 2.28. The van der Waals surface area contributed by atoms with E-state index >= 15 is 0 Å². The van der Waals surface area contributed by atoms with Crippen LogP contribution in [-0.4, -0.2) is 0 Å². The molecule has 0 saturated heterocycles. The van der Waals surface area contributed by atoms with Gasteiger partial charge in [-0.3, -0.25) is 0 Å². The molecule has 0 fully saturated rings. The van der Waals surface area contributed by atoms with Gasteiger partial charge in [0.1, 0.15) is 0 Å². The number of rotatable bonds is 0. The van der Waals surface area contributed by atoms with Crippen molar-refractivity contribution in [3.63, 3.8) is 0 Å². The maximum Gasteiger partial charge on any atom is -0.0227 e. The van der Waals surface area contributed by atoms with Crippen molar-refractivity contribution >= 4 is 0 Å². The van der Waals surface area contributed by atoms with E-state index in [0.29, 0.717) is 5.92 Å². The molecule has 72 valence electrons. The normalized spacial score (nSPS) is 32.5. The highest BCUT2D eigenvalue weighted by molar-refractivity contribution is 4.96. The van der Waals surface area contributed by atoms with Gasteiger partial charge in [-0.15, -0.1) is 0 Å². The van der Waals surface area contributed by atoms with Gasteiger partial charge in [0.25, 0.3) is 0 Å². The summed E-state index contributed by atoms with van der Waals surface area (Å²) in [5.74, 6) is 0.708. The van der Waals surface area contributed by atoms with Crippen molar-refractivity contribution in [2.75, 3.05) is 0 Å². The summed E-state index contributed by atoms with van der Waals surface area (Å²) in [6.07, 6.45) is 19.8. The minimum absolute atomic E-state index is 0.708. The molecule has 0 radical (unpaired) electrons. The molecule has 0 heterocycles. The van der Waals surface area contributed by atoms with Gasteiger partial charge in [0.05, 0.1) is 0 Å². The van der Waals surface area contributed by atoms with Gasteiger partial charge in [-0.1, -0.05) is 43.4 Å². The molecule has 1 aliphatic carbocycles. The summed E-state index contributed by atoms with van der Waals surface area (Å²) in [6, 6.07) is 0. The molecule has 1 aliphatic rings. The highest BCUT2D eigenvalue weighted by Crippen LogP contribution is 2.08. The van der Waals surface area contributed by atoms with Gasteiger partial charge >= 0.3 is 0 Å². The van der Waals surface area contributed by atoms with E-state index in [4.69, 9.17) is 0 Å². The molecule has 0 aromatic carbocycles. The van der Waals surface area contributed by atoms with Crippen molar-refractivity contribution in [1.29, 1.82) is 0 Å². The summed E-state index contributed by atoms with van der Waals surface area (Å²) in [5.41, 5.74) is 0. The fourth-order valence-electron chi connectivity index (χ4n) is 1.46. The van der Waals surface area contributed by atoms with E-state index in [1.54, 1.807) is 0 Å². The van der Waals surface area contributed by atoms with E-state index in [2.05, 4.69) is 43.4 Å². The maximum absolute atomic E-state index is 2.33. The zero-order valence-corrected chi connectivity index (χ0v) is 8.58. The van der Waals surface area contributed by atoms with Crippen molar-refractivity contribution in [2.45, 2.75) is 39.0 Å². The Hall–Kier alpha value is -0.780. The molecule has 0 aromatic heterocycles. The average Bonchev–Trinajstić information content (AvgIpc) is 2.11. The second-order valence-corrected chi connectivity index (χ2v) is 3.74. The van der Waals surface area contributed by atoms with Crippen molar-refractivity contribution in [1.82, 2.24) is 0 Å². The van der Waals surface area contributed by atoms with Crippen LogP contribution in [0.4, 0.5) is 0 Å². The molecule has 0 saturated carbocycles. The zero-order valence-electron chi connectivity index (χ0n) is 8.58. The lowest BCUT2D eigenvalue weighted by Crippen LogP contribution is -1.86. The summed E-state index contributed by atoms with van der Waals surface area (Å²) < 4.78 is 0. The Morgan fingerprint density at radius 3 is 2.00 bits per heavy atom. The van der Waals surface area contributed by atoms with E-state index in [1.165, 1.54) is 32.1 Å². The van der Waals surface area contributed by atoms with Crippen molar-refractivity contribution in [2.24, 2.45) is 5.92 Å². The fourth-order valence-corrected chi connectivity index (χ4v) is 1.46. The van der Waals surface area contributed by atoms with Gasteiger partial charge in [-0.25, -0.2) is 0 Å². The third-order valence-corrected chi connectivity index (χ3v) is 2.31. The van der Waals surface area contributed by atoms with Gasteiger partial charge in [0.15, 0.2) is 0 Å². The first kappa shape index (κ1) is 10.3. The lowest BCUT2D eigenvalue weighted by atomic mass is 10.1. The molecule has 0 N–H and O–H groups in total. The maximum atomic E-state index is 2.33. The van der Waals surface area contributed by atoms with Gasteiger partial charge in [-0.05, 0) is 38.0 Å². The van der Waals surface area contributed by atoms with Crippen LogP contribution in [0.3, 0.4) is 0 Å². The molecule has 1 rings (SSSR count). The number of hydrogen-bond donors (Lipinski definition) is 0. The Morgan fingerprint density at radius 2 is 1.31 bits per heavy atom. The monoisotopic (exact) mass is 176 g/mol. The van der Waals surface area contributed by atoms with Gasteiger partial charge in [0, 0.05) is 0 Å². The predicted molar refractivity (Wildman–Crippen MR) is 59.7 cm³/mol. The van der Waals surface area contributed by atoms with Gasteiger partial charge in [0.2, 0.25) is 0 Å². The minimum atomic E-state index is 0.708. The van der Waals surface area contributed by atoms with Crippen LogP contribution in [0.15, 0.2) is 36.5 Å². The van der Waals surface area contributed by atoms with E-state index in [0.717, 1.165) is 0 Å². The van der Waals surface area contributed by atoms with Crippen molar-refractivity contribution in [3.05, 3.63) is 36.5 Å². The predicted octanol–water partition coefficient (Wildman–Crippen LogP) is 4.26. The first-order chi connectivity index (χ1) is 6.39. The van der Waals surface area contributed by atoms with E-state index < -0.39 is 0 Å². The highest BCUT2D eigenvalue weighted by Gasteiger charge is 1.92. The quantitative estimate of drug-likeness (QED) is 0.484. The second-order valence-electron chi connectivity index (χ2n) is 3.74. The number of hydrogen-bond acceptors (Lipinski definition) is 0. The molecule has 0 spiro atoms. The zero-order chi connectivity index (χ0) is 9.36. The average molecular weight is 176 g/mol. The lowest BCUT2D eigenvalue weighted by molar-refractivity contribution is 0.736. The molecule has 1 unspecified atom stereocenters. The summed E-state index contributed by atoms with van der Waals surface area (Å²) in [7, 11) is 0. The van der Waals surface area contributed by atoms with Crippen LogP contribution in [0, 0.1) is 5.92 Å². The van der Waals surface area contributed by atoms with Crippen molar-refractivity contribution in [3.8, 4) is 0 Å². The Labute approximate surface area is 82.0 Å². The van der Waals surface area contributed by atoms with Crippen LogP contribution in [-0.2, 0) is 0 Å². The molecule has 0 heteroatoms. The fraction of sp³-hybridized carbons (Fsp3) is 0.538. The Balaban J connectivity index is 2.41. The van der Waals surface area contributed by atoms with Gasteiger partial charge in [-0.2, -0.15) is 0 Å². The topological polar surface area (TPSA) is 0 Å². The SMILES string of the molecule is CC1/C=C/CC/C=C/CC/C=C/C1. The minimum Gasteiger partial charge on any atom is -0.0882 e. The molecule has 0 nitrogen and oxygen atoms in total. The smallest absolute Gasteiger partial charge is 0.0227 e. The lowest BCUT2D eigenvalue weighted by Gasteiger charge is -2.01. The van der Waals surface area contributed by atoms with E-state index in [9.17, 15) is 0 Å². The standard InChI is InChI=1S/C13H20/c1-13-11-9-7-5-3-2-4-6-8-10-12-13/h2-3,8-11,13H,4-7,12H2,1H3/b3-2+,10-8+,11-9+. The third kappa shape index (κ3) is 5.46. The summed E-state index contributed by atoms with van der Waals surface area (Å²) in [4.78, 5) is 0. The summed E-state index contributed by atoms with van der Waals surface area (Å²) >= 11 is 0. The second kappa shape index (κ2) is 6.71. The van der Waals surface area contributed by atoms with Crippen LogP contribution in [0.1, 0.15) is 39.0 Å². The van der Waals surface area contributed by atoms with Crippen LogP contribution in [0.25, 0.3) is 0 Å². The van der Waals surface area contributed by atoms with Crippen LogP contribution in [0.2, 0.25) is 0 Å². The molecular weight excluding hydrogens is 156 g/mol. The molecule has 0 aromatic rings. The molecule has 0 amide bonds. The molecule has 0 aliphatic heterocycles. The van der Waals surface area contributed by atoms with E-state index in [-0.39, 0.29) is 0 Å². The Kier molecular flexibility index (Phi) is 5.31. The Bertz CT molecular complexity index is 196. The molecular formula is C13H20. The first-order valence-electron chi connectivity index (χ1n) is 5.36. The largest absolute Gasteiger partial charge is 0.0882 e. The molecule has 1 atom stereocenters. The van der Waals surface area contributed by atoms with Crippen LogP contribution < -0.4 is 0 Å². The third-order valence-electron chi connectivity index (χ3n) is 2.31. The molecule has 13 heavy (non-hydrogen) atoms. The van der Waals surface area contributed by atoms with Crippen LogP contribution in [0.5, 0.6) is 0 Å². The van der Waals surface area contributed by atoms with E-state index in [1.807, 2.05) is 0 Å². The van der Waals surface area contributed by atoms with Gasteiger partial charge < -0.3 is 0 Å². The highest BCUT2D eigenvalue weighted by atomic mass is 14.0. The van der Waals surface area contributed by atoms with Crippen molar-refractivity contribution < 1.29 is 0 Å². The first-order valence-corrected chi connectivity index (χ1v) is 5.36. The van der Waals surface area contributed by atoms with Crippen LogP contribution >= 0.6 is 0 Å². The Morgan fingerprint density at radius 1 is 0.769 bits per heavy atom.